The van der Waals surface area contributed by atoms with Crippen molar-refractivity contribution in [1.29, 1.82) is 0 Å². The molecule has 0 aromatic heterocycles. The van der Waals surface area contributed by atoms with E-state index in [9.17, 15) is 5.11 Å². The first kappa shape index (κ1) is 13.6. The Bertz CT molecular complexity index is 406. The molecule has 0 aliphatic carbocycles. The monoisotopic (exact) mass is 231 g/mol. The number of nitrogens with one attached hydrogen (secondary N) is 1. The number of terminal acetylenes is 1. The highest BCUT2D eigenvalue weighted by Crippen LogP contribution is 2.25. The van der Waals surface area contributed by atoms with Crippen LogP contribution in [0.2, 0.25) is 0 Å². The van der Waals surface area contributed by atoms with Crippen molar-refractivity contribution in [3.63, 3.8) is 0 Å². The standard InChI is InChI=1S/C15H21NO/c1-5-7-13(6-2)16-12(4)14-9-8-11(3)10-15(14)17/h1,8-10,12-13,16-17H,6-7H2,2-4H3. The fourth-order valence-electron chi connectivity index (χ4n) is 1.93. The zero-order chi connectivity index (χ0) is 12.8. The van der Waals surface area contributed by atoms with Gasteiger partial charge in [-0.1, -0.05) is 19.1 Å². The molecule has 2 atom stereocenters. The Morgan fingerprint density at radius 1 is 1.47 bits per heavy atom. The third kappa shape index (κ3) is 3.80. The van der Waals surface area contributed by atoms with Crippen LogP contribution in [0.4, 0.5) is 0 Å². The van der Waals surface area contributed by atoms with Gasteiger partial charge in [0.1, 0.15) is 5.75 Å². The normalized spacial score (nSPS) is 14.0. The van der Waals surface area contributed by atoms with Crippen LogP contribution in [-0.4, -0.2) is 11.1 Å². The summed E-state index contributed by atoms with van der Waals surface area (Å²) in [6.45, 7) is 6.12. The lowest BCUT2D eigenvalue weighted by Crippen LogP contribution is -2.30. The van der Waals surface area contributed by atoms with Crippen molar-refractivity contribution in [2.75, 3.05) is 0 Å². The van der Waals surface area contributed by atoms with Crippen LogP contribution in [0.25, 0.3) is 0 Å². The summed E-state index contributed by atoms with van der Waals surface area (Å²) in [5, 5.41) is 13.3. The Kier molecular flexibility index (Phi) is 5.06. The lowest BCUT2D eigenvalue weighted by molar-refractivity contribution is 0.420. The van der Waals surface area contributed by atoms with Gasteiger partial charge < -0.3 is 10.4 Å². The molecule has 1 aromatic carbocycles. The molecule has 0 saturated carbocycles. The van der Waals surface area contributed by atoms with E-state index in [1.165, 1.54) is 0 Å². The van der Waals surface area contributed by atoms with E-state index in [-0.39, 0.29) is 6.04 Å². The molecule has 0 bridgehead atoms. The quantitative estimate of drug-likeness (QED) is 0.763. The smallest absolute Gasteiger partial charge is 0.120 e. The molecule has 0 radical (unpaired) electrons. The Hall–Kier alpha value is -1.46. The Morgan fingerprint density at radius 3 is 2.71 bits per heavy atom. The first-order valence-electron chi connectivity index (χ1n) is 6.07. The predicted octanol–water partition coefficient (Wildman–Crippen LogP) is 3.15. The van der Waals surface area contributed by atoms with Gasteiger partial charge in [-0.05, 0) is 31.9 Å². The molecule has 0 amide bonds. The molecule has 2 nitrogen and oxygen atoms in total. The van der Waals surface area contributed by atoms with Gasteiger partial charge in [0.25, 0.3) is 0 Å². The van der Waals surface area contributed by atoms with Crippen molar-refractivity contribution in [1.82, 2.24) is 5.32 Å². The molecule has 0 saturated heterocycles. The van der Waals surface area contributed by atoms with Crippen LogP contribution < -0.4 is 5.32 Å². The third-order valence-corrected chi connectivity index (χ3v) is 3.00. The van der Waals surface area contributed by atoms with Crippen LogP contribution in [0.15, 0.2) is 18.2 Å². The first-order chi connectivity index (χ1) is 8.08. The van der Waals surface area contributed by atoms with Crippen LogP contribution in [0.3, 0.4) is 0 Å². The van der Waals surface area contributed by atoms with E-state index < -0.39 is 0 Å². The molecular formula is C15H21NO. The Balaban J connectivity index is 2.75. The molecule has 17 heavy (non-hydrogen) atoms. The molecule has 0 spiro atoms. The highest BCUT2D eigenvalue weighted by molar-refractivity contribution is 5.37. The minimum Gasteiger partial charge on any atom is -0.508 e. The topological polar surface area (TPSA) is 32.3 Å². The van der Waals surface area contributed by atoms with E-state index in [1.807, 2.05) is 26.0 Å². The van der Waals surface area contributed by atoms with Gasteiger partial charge in [0.2, 0.25) is 0 Å². The van der Waals surface area contributed by atoms with E-state index >= 15 is 0 Å². The number of hydrogen-bond donors (Lipinski definition) is 2. The van der Waals surface area contributed by atoms with E-state index in [2.05, 4.69) is 18.2 Å². The molecule has 1 rings (SSSR count). The number of aromatic hydroxyl groups is 1. The zero-order valence-corrected chi connectivity index (χ0v) is 10.8. The van der Waals surface area contributed by atoms with Crippen molar-refractivity contribution < 1.29 is 5.11 Å². The maximum absolute atomic E-state index is 9.90. The van der Waals surface area contributed by atoms with Gasteiger partial charge in [-0.15, -0.1) is 12.3 Å². The maximum atomic E-state index is 9.90. The summed E-state index contributed by atoms with van der Waals surface area (Å²) in [6, 6.07) is 6.17. The van der Waals surface area contributed by atoms with Gasteiger partial charge in [0, 0.05) is 24.1 Å². The van der Waals surface area contributed by atoms with E-state index in [0.717, 1.165) is 17.5 Å². The molecule has 2 heteroatoms. The summed E-state index contributed by atoms with van der Waals surface area (Å²) < 4.78 is 0. The molecule has 0 aliphatic rings. The Labute approximate surface area is 104 Å². The summed E-state index contributed by atoms with van der Waals surface area (Å²) in [6.07, 6.45) is 7.03. The van der Waals surface area contributed by atoms with Crippen LogP contribution in [-0.2, 0) is 0 Å². The van der Waals surface area contributed by atoms with Gasteiger partial charge in [-0.2, -0.15) is 0 Å². The summed E-state index contributed by atoms with van der Waals surface area (Å²) in [4.78, 5) is 0. The number of phenolic OH excluding ortho intramolecular Hbond substituents is 1. The lowest BCUT2D eigenvalue weighted by atomic mass is 10.0. The lowest BCUT2D eigenvalue weighted by Gasteiger charge is -2.21. The number of benzene rings is 1. The molecule has 0 aliphatic heterocycles. The van der Waals surface area contributed by atoms with Crippen molar-refractivity contribution in [2.24, 2.45) is 0 Å². The third-order valence-electron chi connectivity index (χ3n) is 3.00. The van der Waals surface area contributed by atoms with Gasteiger partial charge in [0.15, 0.2) is 0 Å². The van der Waals surface area contributed by atoms with E-state index in [0.29, 0.717) is 18.2 Å². The minimum absolute atomic E-state index is 0.105. The van der Waals surface area contributed by atoms with Crippen molar-refractivity contribution in [3.05, 3.63) is 29.3 Å². The van der Waals surface area contributed by atoms with Crippen molar-refractivity contribution in [3.8, 4) is 18.1 Å². The van der Waals surface area contributed by atoms with Gasteiger partial charge >= 0.3 is 0 Å². The molecule has 92 valence electrons. The van der Waals surface area contributed by atoms with E-state index in [1.54, 1.807) is 6.07 Å². The average Bonchev–Trinajstić information content (AvgIpc) is 2.28. The first-order valence-corrected chi connectivity index (χ1v) is 6.07. The minimum atomic E-state index is 0.105. The average molecular weight is 231 g/mol. The predicted molar refractivity (Wildman–Crippen MR) is 71.9 cm³/mol. The van der Waals surface area contributed by atoms with Crippen LogP contribution in [0.1, 0.15) is 43.9 Å². The van der Waals surface area contributed by atoms with Gasteiger partial charge in [-0.3, -0.25) is 0 Å². The number of hydrogen-bond acceptors (Lipinski definition) is 2. The largest absolute Gasteiger partial charge is 0.508 e. The van der Waals surface area contributed by atoms with Gasteiger partial charge in [-0.25, -0.2) is 0 Å². The second kappa shape index (κ2) is 6.32. The fourth-order valence-corrected chi connectivity index (χ4v) is 1.93. The summed E-state index contributed by atoms with van der Waals surface area (Å²) in [7, 11) is 0. The van der Waals surface area contributed by atoms with Crippen molar-refractivity contribution in [2.45, 2.75) is 45.7 Å². The maximum Gasteiger partial charge on any atom is 0.120 e. The molecular weight excluding hydrogens is 210 g/mol. The molecule has 0 heterocycles. The highest BCUT2D eigenvalue weighted by Gasteiger charge is 2.13. The van der Waals surface area contributed by atoms with E-state index in [4.69, 9.17) is 6.42 Å². The second-order valence-corrected chi connectivity index (χ2v) is 4.46. The summed E-state index contributed by atoms with van der Waals surface area (Å²) in [5.74, 6) is 3.02. The summed E-state index contributed by atoms with van der Waals surface area (Å²) >= 11 is 0. The van der Waals surface area contributed by atoms with Gasteiger partial charge in [0.05, 0.1) is 0 Å². The Morgan fingerprint density at radius 2 is 2.18 bits per heavy atom. The van der Waals surface area contributed by atoms with Crippen LogP contribution in [0.5, 0.6) is 5.75 Å². The molecule has 0 fully saturated rings. The van der Waals surface area contributed by atoms with Crippen molar-refractivity contribution >= 4 is 0 Å². The fraction of sp³-hybridized carbons (Fsp3) is 0.467. The number of rotatable bonds is 5. The SMILES string of the molecule is C#CCC(CC)NC(C)c1ccc(C)cc1O. The van der Waals surface area contributed by atoms with Crippen LogP contribution in [0, 0.1) is 19.3 Å². The summed E-state index contributed by atoms with van der Waals surface area (Å²) in [5.41, 5.74) is 1.99. The number of phenols is 1. The second-order valence-electron chi connectivity index (χ2n) is 4.46. The molecule has 1 aromatic rings. The zero-order valence-electron chi connectivity index (χ0n) is 10.8. The van der Waals surface area contributed by atoms with Crippen LogP contribution >= 0.6 is 0 Å². The molecule has 2 unspecified atom stereocenters. The highest BCUT2D eigenvalue weighted by atomic mass is 16.3. The number of aryl methyl sites for hydroxylation is 1. The molecule has 2 N–H and O–H groups in total.